The third-order valence-corrected chi connectivity index (χ3v) is 2.67. The van der Waals surface area contributed by atoms with Gasteiger partial charge in [0.15, 0.2) is 0 Å². The van der Waals surface area contributed by atoms with Crippen molar-refractivity contribution in [1.29, 1.82) is 0 Å². The fourth-order valence-electron chi connectivity index (χ4n) is 1.80. The summed E-state index contributed by atoms with van der Waals surface area (Å²) in [4.78, 5) is 23.2. The molecule has 7 heteroatoms. The van der Waals surface area contributed by atoms with Crippen LogP contribution in [0.5, 0.6) is 0 Å². The number of carboxylic acid groups (broad SMARTS) is 1. The van der Waals surface area contributed by atoms with Crippen LogP contribution in [0.15, 0.2) is 12.7 Å². The van der Waals surface area contributed by atoms with Crippen molar-refractivity contribution >= 4 is 11.9 Å². The Kier molecular flexibility index (Phi) is 6.93. The molecule has 1 N–H and O–H groups in total. The SMILES string of the molecule is C=CC[C@H](C(=O)OC(C)(C)C)[C@@H](CCC(F)(F)F)C(=O)O. The van der Waals surface area contributed by atoms with Gasteiger partial charge in [-0.25, -0.2) is 0 Å². The van der Waals surface area contributed by atoms with E-state index < -0.39 is 48.4 Å². The van der Waals surface area contributed by atoms with Crippen LogP contribution in [0.1, 0.15) is 40.0 Å². The number of carbonyl (C=O) groups excluding carboxylic acids is 1. The third-order valence-electron chi connectivity index (χ3n) is 2.67. The van der Waals surface area contributed by atoms with E-state index in [-0.39, 0.29) is 6.42 Å². The summed E-state index contributed by atoms with van der Waals surface area (Å²) in [5.74, 6) is -4.91. The Balaban J connectivity index is 5.11. The van der Waals surface area contributed by atoms with Crippen molar-refractivity contribution in [1.82, 2.24) is 0 Å². The molecule has 0 bridgehead atoms. The van der Waals surface area contributed by atoms with Crippen LogP contribution in [-0.2, 0) is 14.3 Å². The van der Waals surface area contributed by atoms with Gasteiger partial charge < -0.3 is 9.84 Å². The van der Waals surface area contributed by atoms with Gasteiger partial charge in [0.2, 0.25) is 0 Å². The number of hydrogen-bond acceptors (Lipinski definition) is 3. The first-order valence-corrected chi connectivity index (χ1v) is 6.50. The number of carbonyl (C=O) groups is 2. The highest BCUT2D eigenvalue weighted by Gasteiger charge is 2.38. The molecule has 0 rings (SSSR count). The van der Waals surface area contributed by atoms with E-state index in [2.05, 4.69) is 6.58 Å². The van der Waals surface area contributed by atoms with Gasteiger partial charge in [-0.05, 0) is 33.6 Å². The van der Waals surface area contributed by atoms with Crippen molar-refractivity contribution in [2.45, 2.75) is 51.8 Å². The molecule has 0 aromatic heterocycles. The molecule has 21 heavy (non-hydrogen) atoms. The summed E-state index contributed by atoms with van der Waals surface area (Å²) in [6.07, 6.45) is -5.15. The first-order chi connectivity index (χ1) is 9.37. The Hall–Kier alpha value is -1.53. The second-order valence-electron chi connectivity index (χ2n) is 5.76. The van der Waals surface area contributed by atoms with Gasteiger partial charge in [0.25, 0.3) is 0 Å². The second-order valence-corrected chi connectivity index (χ2v) is 5.76. The molecular formula is C14H21F3O4. The third kappa shape index (κ3) is 8.37. The zero-order valence-corrected chi connectivity index (χ0v) is 12.4. The molecule has 0 saturated carbocycles. The van der Waals surface area contributed by atoms with Crippen LogP contribution in [-0.4, -0.2) is 28.8 Å². The predicted octanol–water partition coefficient (Wildman–Crippen LogP) is 3.56. The van der Waals surface area contributed by atoms with Gasteiger partial charge in [-0.15, -0.1) is 6.58 Å². The number of aliphatic carboxylic acids is 1. The van der Waals surface area contributed by atoms with Crippen LogP contribution < -0.4 is 0 Å². The topological polar surface area (TPSA) is 63.6 Å². The highest BCUT2D eigenvalue weighted by atomic mass is 19.4. The lowest BCUT2D eigenvalue weighted by Crippen LogP contribution is -2.36. The molecule has 0 aromatic carbocycles. The number of hydrogen-bond donors (Lipinski definition) is 1. The van der Waals surface area contributed by atoms with Gasteiger partial charge >= 0.3 is 18.1 Å². The number of carboxylic acids is 1. The van der Waals surface area contributed by atoms with Crippen molar-refractivity contribution in [3.8, 4) is 0 Å². The number of ether oxygens (including phenoxy) is 1. The number of allylic oxidation sites excluding steroid dienone is 1. The molecule has 0 spiro atoms. The van der Waals surface area contributed by atoms with E-state index in [0.29, 0.717) is 0 Å². The summed E-state index contributed by atoms with van der Waals surface area (Å²) in [7, 11) is 0. The highest BCUT2D eigenvalue weighted by Crippen LogP contribution is 2.30. The van der Waals surface area contributed by atoms with E-state index in [4.69, 9.17) is 9.84 Å². The maximum atomic E-state index is 12.3. The second kappa shape index (κ2) is 7.47. The summed E-state index contributed by atoms with van der Waals surface area (Å²) < 4.78 is 41.9. The van der Waals surface area contributed by atoms with Gasteiger partial charge in [0.1, 0.15) is 5.60 Å². The minimum Gasteiger partial charge on any atom is -0.481 e. The Morgan fingerprint density at radius 3 is 2.10 bits per heavy atom. The molecule has 0 saturated heterocycles. The van der Waals surface area contributed by atoms with E-state index in [0.717, 1.165) is 0 Å². The van der Waals surface area contributed by atoms with Crippen LogP contribution in [0.3, 0.4) is 0 Å². The maximum Gasteiger partial charge on any atom is 0.389 e. The zero-order chi connectivity index (χ0) is 16.8. The molecule has 122 valence electrons. The molecule has 0 heterocycles. The Morgan fingerprint density at radius 2 is 1.76 bits per heavy atom. The number of alkyl halides is 3. The van der Waals surface area contributed by atoms with Gasteiger partial charge in [0, 0.05) is 6.42 Å². The van der Waals surface area contributed by atoms with Crippen LogP contribution in [0.2, 0.25) is 0 Å². The molecule has 2 atom stereocenters. The van der Waals surface area contributed by atoms with Crippen LogP contribution in [0, 0.1) is 11.8 Å². The fraction of sp³-hybridized carbons (Fsp3) is 0.714. The van der Waals surface area contributed by atoms with Crippen LogP contribution in [0.25, 0.3) is 0 Å². The largest absolute Gasteiger partial charge is 0.481 e. The van der Waals surface area contributed by atoms with Crippen LogP contribution >= 0.6 is 0 Å². The standard InChI is InChI=1S/C14H21F3O4/c1-5-6-10(12(20)21-13(2,3)4)9(11(18)19)7-8-14(15,16)17/h5,9-10H,1,6-8H2,2-4H3,(H,18,19)/t9-,10+/m1/s1. The normalized spacial score (nSPS) is 15.1. The summed E-state index contributed by atoms with van der Waals surface area (Å²) >= 11 is 0. The summed E-state index contributed by atoms with van der Waals surface area (Å²) in [5, 5.41) is 9.10. The van der Waals surface area contributed by atoms with E-state index in [1.807, 2.05) is 0 Å². The number of esters is 1. The predicted molar refractivity (Wildman–Crippen MR) is 70.6 cm³/mol. The molecule has 0 aliphatic carbocycles. The molecule has 0 aliphatic rings. The summed E-state index contributed by atoms with van der Waals surface area (Å²) in [5.41, 5.74) is -0.844. The van der Waals surface area contributed by atoms with Crippen molar-refractivity contribution in [2.24, 2.45) is 11.8 Å². The monoisotopic (exact) mass is 310 g/mol. The van der Waals surface area contributed by atoms with Crippen molar-refractivity contribution in [2.75, 3.05) is 0 Å². The average molecular weight is 310 g/mol. The van der Waals surface area contributed by atoms with E-state index in [9.17, 15) is 22.8 Å². The smallest absolute Gasteiger partial charge is 0.389 e. The maximum absolute atomic E-state index is 12.3. The molecule has 0 fully saturated rings. The van der Waals surface area contributed by atoms with Crippen molar-refractivity contribution < 1.29 is 32.6 Å². The Labute approximate surface area is 122 Å². The lowest BCUT2D eigenvalue weighted by Gasteiger charge is -2.27. The van der Waals surface area contributed by atoms with E-state index in [1.165, 1.54) is 6.08 Å². The zero-order valence-electron chi connectivity index (χ0n) is 12.4. The lowest BCUT2D eigenvalue weighted by atomic mass is 9.85. The van der Waals surface area contributed by atoms with Gasteiger partial charge in [-0.2, -0.15) is 13.2 Å². The molecular weight excluding hydrogens is 289 g/mol. The molecule has 0 amide bonds. The van der Waals surface area contributed by atoms with Crippen molar-refractivity contribution in [3.05, 3.63) is 12.7 Å². The lowest BCUT2D eigenvalue weighted by molar-refractivity contribution is -0.169. The molecule has 0 unspecified atom stereocenters. The highest BCUT2D eigenvalue weighted by molar-refractivity contribution is 5.81. The Morgan fingerprint density at radius 1 is 1.24 bits per heavy atom. The fourth-order valence-corrected chi connectivity index (χ4v) is 1.80. The summed E-state index contributed by atoms with van der Waals surface area (Å²) in [6.45, 7) is 8.20. The summed E-state index contributed by atoms with van der Waals surface area (Å²) in [6, 6.07) is 0. The molecule has 0 aliphatic heterocycles. The molecule has 0 aromatic rings. The molecule has 4 nitrogen and oxygen atoms in total. The first kappa shape index (κ1) is 19.5. The van der Waals surface area contributed by atoms with Gasteiger partial charge in [0.05, 0.1) is 11.8 Å². The number of rotatable bonds is 7. The molecule has 0 radical (unpaired) electrons. The van der Waals surface area contributed by atoms with E-state index >= 15 is 0 Å². The van der Waals surface area contributed by atoms with Crippen LogP contribution in [0.4, 0.5) is 13.2 Å². The van der Waals surface area contributed by atoms with E-state index in [1.54, 1.807) is 20.8 Å². The minimum atomic E-state index is -4.47. The van der Waals surface area contributed by atoms with Gasteiger partial charge in [-0.1, -0.05) is 6.08 Å². The van der Waals surface area contributed by atoms with Gasteiger partial charge in [-0.3, -0.25) is 9.59 Å². The van der Waals surface area contributed by atoms with Crippen molar-refractivity contribution in [3.63, 3.8) is 0 Å². The Bertz CT molecular complexity index is 383. The minimum absolute atomic E-state index is 0.0518. The first-order valence-electron chi connectivity index (χ1n) is 6.50. The average Bonchev–Trinajstić information content (AvgIpc) is 2.23. The quantitative estimate of drug-likeness (QED) is 0.577. The number of halogens is 3.